The molecule has 0 heterocycles. The van der Waals surface area contributed by atoms with E-state index in [1.807, 2.05) is 0 Å². The molecule has 13 heavy (non-hydrogen) atoms. The lowest BCUT2D eigenvalue weighted by molar-refractivity contribution is -0.143. The molecule has 5 heteroatoms. The normalized spacial score (nSPS) is 11.1. The van der Waals surface area contributed by atoms with E-state index < -0.39 is 0 Å². The first-order valence-corrected chi connectivity index (χ1v) is 4.26. The smallest absolute Gasteiger partial charge is 0.180 e. The third-order valence-electron chi connectivity index (χ3n) is 1.41. The minimum atomic E-state index is -0.297. The fourth-order valence-electron chi connectivity index (χ4n) is 0.715. The van der Waals surface area contributed by atoms with Crippen LogP contribution in [0.25, 0.3) is 0 Å². The van der Waals surface area contributed by atoms with Crippen molar-refractivity contribution in [3.8, 4) is 0 Å². The number of hydrogen-bond acceptors (Lipinski definition) is 5. The van der Waals surface area contributed by atoms with Crippen molar-refractivity contribution in [3.63, 3.8) is 0 Å². The summed E-state index contributed by atoms with van der Waals surface area (Å²) in [6, 6.07) is 0. The highest BCUT2D eigenvalue weighted by Gasteiger charge is 2.03. The van der Waals surface area contributed by atoms with Gasteiger partial charge in [-0.2, -0.15) is 0 Å². The second-order valence-electron chi connectivity index (χ2n) is 2.38. The quantitative estimate of drug-likeness (QED) is 0.398. The lowest BCUT2D eigenvalue weighted by Gasteiger charge is -2.13. The van der Waals surface area contributed by atoms with E-state index in [1.54, 1.807) is 14.2 Å². The van der Waals surface area contributed by atoms with Crippen LogP contribution in [0.4, 0.5) is 0 Å². The predicted octanol–water partition coefficient (Wildman–Crippen LogP) is -0.403. The monoisotopic (exact) mass is 193 g/mol. The van der Waals surface area contributed by atoms with Gasteiger partial charge in [0.25, 0.3) is 0 Å². The molecule has 0 aliphatic rings. The molecule has 0 unspecified atom stereocenters. The fourth-order valence-corrected chi connectivity index (χ4v) is 0.715. The van der Waals surface area contributed by atoms with E-state index in [0.29, 0.717) is 33.0 Å². The first kappa shape index (κ1) is 12.8. The maximum Gasteiger partial charge on any atom is 0.180 e. The van der Waals surface area contributed by atoms with Crippen LogP contribution in [0.3, 0.4) is 0 Å². The van der Waals surface area contributed by atoms with E-state index in [-0.39, 0.29) is 6.29 Å². The van der Waals surface area contributed by atoms with E-state index in [1.165, 1.54) is 0 Å². The average molecular weight is 193 g/mol. The van der Waals surface area contributed by atoms with Gasteiger partial charge < -0.3 is 24.7 Å². The lowest BCUT2D eigenvalue weighted by Crippen LogP contribution is -2.21. The van der Waals surface area contributed by atoms with Crippen LogP contribution < -0.4 is 5.73 Å². The molecule has 0 fully saturated rings. The Kier molecular flexibility index (Phi) is 9.73. The van der Waals surface area contributed by atoms with Crippen LogP contribution in [0.1, 0.15) is 0 Å². The molecule has 0 saturated carbocycles. The Morgan fingerprint density at radius 1 is 1.00 bits per heavy atom. The highest BCUT2D eigenvalue weighted by atomic mass is 16.7. The van der Waals surface area contributed by atoms with Crippen molar-refractivity contribution >= 4 is 0 Å². The van der Waals surface area contributed by atoms with E-state index in [0.717, 1.165) is 0 Å². The predicted molar refractivity (Wildman–Crippen MR) is 48.5 cm³/mol. The molecule has 0 spiro atoms. The number of ether oxygens (including phenoxy) is 4. The van der Waals surface area contributed by atoms with Crippen molar-refractivity contribution in [3.05, 3.63) is 0 Å². The highest BCUT2D eigenvalue weighted by Crippen LogP contribution is 1.91. The Bertz CT molecular complexity index is 98.1. The first-order valence-electron chi connectivity index (χ1n) is 4.26. The van der Waals surface area contributed by atoms with Gasteiger partial charge in [-0.15, -0.1) is 0 Å². The van der Waals surface area contributed by atoms with E-state index >= 15 is 0 Å². The summed E-state index contributed by atoms with van der Waals surface area (Å²) in [5.74, 6) is 0. The summed E-state index contributed by atoms with van der Waals surface area (Å²) in [6.45, 7) is 2.61. The molecule has 0 radical (unpaired) electrons. The molecule has 0 bridgehead atoms. The van der Waals surface area contributed by atoms with Gasteiger partial charge in [0.2, 0.25) is 0 Å². The van der Waals surface area contributed by atoms with Crippen LogP contribution in [0, 0.1) is 0 Å². The standard InChI is InChI=1S/C8H19NO4/c1-10-8(11-2)7-13-6-5-12-4-3-9/h8H,3-7,9H2,1-2H3. The summed E-state index contributed by atoms with van der Waals surface area (Å²) in [7, 11) is 3.14. The van der Waals surface area contributed by atoms with Gasteiger partial charge >= 0.3 is 0 Å². The Morgan fingerprint density at radius 3 is 2.15 bits per heavy atom. The van der Waals surface area contributed by atoms with Gasteiger partial charge in [0.05, 0.1) is 26.4 Å². The lowest BCUT2D eigenvalue weighted by atomic mass is 10.6. The minimum Gasteiger partial charge on any atom is -0.378 e. The third kappa shape index (κ3) is 8.14. The van der Waals surface area contributed by atoms with Crippen LogP contribution >= 0.6 is 0 Å². The zero-order valence-electron chi connectivity index (χ0n) is 8.32. The fraction of sp³-hybridized carbons (Fsp3) is 1.00. The molecule has 0 aromatic rings. The van der Waals surface area contributed by atoms with Gasteiger partial charge in [-0.3, -0.25) is 0 Å². The van der Waals surface area contributed by atoms with Crippen LogP contribution in [0.5, 0.6) is 0 Å². The molecule has 80 valence electrons. The molecule has 2 N–H and O–H groups in total. The SMILES string of the molecule is COC(COCCOCCN)OC. The van der Waals surface area contributed by atoms with Crippen LogP contribution in [0.15, 0.2) is 0 Å². The van der Waals surface area contributed by atoms with E-state index in [4.69, 9.17) is 24.7 Å². The molecule has 0 aliphatic carbocycles. The Balaban J connectivity index is 3.05. The second-order valence-corrected chi connectivity index (χ2v) is 2.38. The van der Waals surface area contributed by atoms with Gasteiger partial charge in [0, 0.05) is 20.8 Å². The number of hydrogen-bond donors (Lipinski definition) is 1. The van der Waals surface area contributed by atoms with Gasteiger partial charge in [-0.05, 0) is 0 Å². The first-order chi connectivity index (χ1) is 6.35. The Hall–Kier alpha value is -0.200. The summed E-state index contributed by atoms with van der Waals surface area (Å²) < 4.78 is 20.1. The highest BCUT2D eigenvalue weighted by molar-refractivity contribution is 4.39. The summed E-state index contributed by atoms with van der Waals surface area (Å²) >= 11 is 0. The molecule has 0 aliphatic heterocycles. The zero-order chi connectivity index (χ0) is 9.94. The third-order valence-corrected chi connectivity index (χ3v) is 1.41. The maximum absolute atomic E-state index is 5.23. The molecular weight excluding hydrogens is 174 g/mol. The summed E-state index contributed by atoms with van der Waals surface area (Å²) in [5.41, 5.74) is 5.23. The van der Waals surface area contributed by atoms with E-state index in [2.05, 4.69) is 0 Å². The molecule has 5 nitrogen and oxygen atoms in total. The number of methoxy groups -OCH3 is 2. The molecule has 0 atom stereocenters. The van der Waals surface area contributed by atoms with Crippen molar-refractivity contribution in [2.24, 2.45) is 5.73 Å². The largest absolute Gasteiger partial charge is 0.378 e. The molecule has 0 amide bonds. The molecular formula is C8H19NO4. The van der Waals surface area contributed by atoms with Crippen molar-refractivity contribution < 1.29 is 18.9 Å². The molecule has 0 aromatic heterocycles. The van der Waals surface area contributed by atoms with Gasteiger partial charge in [0.15, 0.2) is 6.29 Å². The Labute approximate surface area is 79.1 Å². The Morgan fingerprint density at radius 2 is 1.62 bits per heavy atom. The number of nitrogens with two attached hydrogens (primary N) is 1. The van der Waals surface area contributed by atoms with Crippen LogP contribution in [-0.4, -0.2) is 53.5 Å². The van der Waals surface area contributed by atoms with Crippen molar-refractivity contribution in [2.45, 2.75) is 6.29 Å². The zero-order valence-corrected chi connectivity index (χ0v) is 8.32. The van der Waals surface area contributed by atoms with Crippen LogP contribution in [-0.2, 0) is 18.9 Å². The van der Waals surface area contributed by atoms with Gasteiger partial charge in [0.1, 0.15) is 0 Å². The van der Waals surface area contributed by atoms with Crippen LogP contribution in [0.2, 0.25) is 0 Å². The maximum atomic E-state index is 5.23. The van der Waals surface area contributed by atoms with Crippen molar-refractivity contribution in [2.75, 3.05) is 47.2 Å². The topological polar surface area (TPSA) is 62.9 Å². The molecule has 0 rings (SSSR count). The molecule has 0 aromatic carbocycles. The van der Waals surface area contributed by atoms with Gasteiger partial charge in [-0.25, -0.2) is 0 Å². The van der Waals surface area contributed by atoms with Crippen molar-refractivity contribution in [1.29, 1.82) is 0 Å². The van der Waals surface area contributed by atoms with Gasteiger partial charge in [-0.1, -0.05) is 0 Å². The minimum absolute atomic E-state index is 0.297. The van der Waals surface area contributed by atoms with Crippen molar-refractivity contribution in [1.82, 2.24) is 0 Å². The average Bonchev–Trinajstić information content (AvgIpc) is 2.17. The second kappa shape index (κ2) is 9.88. The van der Waals surface area contributed by atoms with E-state index in [9.17, 15) is 0 Å². The summed E-state index contributed by atoms with van der Waals surface area (Å²) in [4.78, 5) is 0. The summed E-state index contributed by atoms with van der Waals surface area (Å²) in [6.07, 6.45) is -0.297. The summed E-state index contributed by atoms with van der Waals surface area (Å²) in [5, 5.41) is 0. The number of rotatable bonds is 9. The molecule has 0 saturated heterocycles.